The number of hydrogen-bond acceptors (Lipinski definition) is 3. The van der Waals surface area contributed by atoms with Crippen molar-refractivity contribution in [1.29, 1.82) is 0 Å². The smallest absolute Gasteiger partial charge is 0.303 e. The number of rotatable bonds is 6. The average molecular weight is 383 g/mol. The van der Waals surface area contributed by atoms with Gasteiger partial charge in [-0.05, 0) is 52.4 Å². The molecule has 134 valence electrons. The Morgan fingerprint density at radius 3 is 2.54 bits per heavy atom. The van der Waals surface area contributed by atoms with E-state index in [1.54, 1.807) is 0 Å². The van der Waals surface area contributed by atoms with Gasteiger partial charge in [0.25, 0.3) is 0 Å². The lowest BCUT2D eigenvalue weighted by molar-refractivity contribution is -0.137. The van der Waals surface area contributed by atoms with Gasteiger partial charge in [0.1, 0.15) is 0 Å². The molecule has 1 N–H and O–H groups in total. The number of fused-ring (bicyclic) bond motifs is 3. The van der Waals surface area contributed by atoms with E-state index >= 15 is 0 Å². The Labute approximate surface area is 161 Å². The Morgan fingerprint density at radius 2 is 1.77 bits per heavy atom. The Balaban J connectivity index is 1.70. The van der Waals surface area contributed by atoms with Gasteiger partial charge in [0, 0.05) is 12.2 Å². The first kappa shape index (κ1) is 17.7. The van der Waals surface area contributed by atoms with Crippen molar-refractivity contribution < 1.29 is 9.90 Å². The molecule has 1 saturated heterocycles. The number of carbonyl (C=O) groups is 1. The van der Waals surface area contributed by atoms with Crippen LogP contribution >= 0.6 is 21.6 Å². The predicted molar refractivity (Wildman–Crippen MR) is 114 cm³/mol. The molecule has 4 rings (SSSR count). The summed E-state index contributed by atoms with van der Waals surface area (Å²) in [5, 5.41) is 14.1. The molecule has 3 aromatic carbocycles. The summed E-state index contributed by atoms with van der Waals surface area (Å²) < 4.78 is 0.119. The highest BCUT2D eigenvalue weighted by Crippen LogP contribution is 2.56. The number of hydrogen-bond donors (Lipinski definition) is 1. The molecule has 1 aliphatic rings. The van der Waals surface area contributed by atoms with Gasteiger partial charge in [-0.2, -0.15) is 0 Å². The van der Waals surface area contributed by atoms with E-state index in [0.717, 1.165) is 31.4 Å². The lowest BCUT2D eigenvalue weighted by atomic mass is 9.87. The minimum absolute atomic E-state index is 0.119. The SMILES string of the molecule is O=C(O)CCCCC1(c2ccc3ccc4ccccc4c3c2)CCSS1. The van der Waals surface area contributed by atoms with E-state index in [1.165, 1.54) is 27.1 Å². The summed E-state index contributed by atoms with van der Waals surface area (Å²) in [6.45, 7) is 0. The fourth-order valence-electron chi connectivity index (χ4n) is 3.88. The number of carboxylic acids is 1. The van der Waals surface area contributed by atoms with Crippen LogP contribution in [0.15, 0.2) is 54.6 Å². The quantitative estimate of drug-likeness (QED) is 0.295. The topological polar surface area (TPSA) is 37.3 Å². The third-order valence-corrected chi connectivity index (χ3v) is 8.56. The standard InChI is InChI=1S/C22H22O2S2/c23-21(24)7-3-4-12-22(13-14-25-26-22)18-11-10-17-9-8-16-5-1-2-6-19(16)20(17)15-18/h1-2,5-6,8-11,15H,3-4,7,12-14H2,(H,23,24). The van der Waals surface area contributed by atoms with Crippen LogP contribution in [0.2, 0.25) is 0 Å². The maximum absolute atomic E-state index is 10.8. The molecule has 1 fully saturated rings. The van der Waals surface area contributed by atoms with Gasteiger partial charge in [-0.25, -0.2) is 0 Å². The molecular weight excluding hydrogens is 360 g/mol. The van der Waals surface area contributed by atoms with Crippen LogP contribution in [-0.2, 0) is 9.54 Å². The van der Waals surface area contributed by atoms with Crippen molar-refractivity contribution in [2.24, 2.45) is 0 Å². The van der Waals surface area contributed by atoms with Gasteiger partial charge in [0.05, 0.1) is 4.75 Å². The van der Waals surface area contributed by atoms with Gasteiger partial charge in [-0.1, -0.05) is 76.5 Å². The minimum atomic E-state index is -0.690. The molecule has 0 bridgehead atoms. The zero-order valence-corrected chi connectivity index (χ0v) is 16.2. The maximum atomic E-state index is 10.8. The highest BCUT2D eigenvalue weighted by atomic mass is 33.1. The first-order chi connectivity index (χ1) is 12.7. The molecule has 0 aromatic heterocycles. The van der Waals surface area contributed by atoms with Crippen molar-refractivity contribution in [3.8, 4) is 0 Å². The van der Waals surface area contributed by atoms with Gasteiger partial charge in [0.15, 0.2) is 0 Å². The number of benzene rings is 3. The number of unbranched alkanes of at least 4 members (excludes halogenated alkanes) is 1. The van der Waals surface area contributed by atoms with Crippen LogP contribution in [0.5, 0.6) is 0 Å². The first-order valence-corrected chi connectivity index (χ1v) is 11.4. The molecule has 1 atom stereocenters. The second-order valence-electron chi connectivity index (χ2n) is 6.97. The molecular formula is C22H22O2S2. The fourth-order valence-corrected chi connectivity index (χ4v) is 7.35. The minimum Gasteiger partial charge on any atom is -0.481 e. The highest BCUT2D eigenvalue weighted by Gasteiger charge is 2.37. The molecule has 1 heterocycles. The summed E-state index contributed by atoms with van der Waals surface area (Å²) in [7, 11) is 3.93. The van der Waals surface area contributed by atoms with E-state index in [0.29, 0.717) is 0 Å². The number of aliphatic carboxylic acids is 1. The Kier molecular flexibility index (Phi) is 5.14. The van der Waals surface area contributed by atoms with Crippen LogP contribution in [0, 0.1) is 0 Å². The lowest BCUT2D eigenvalue weighted by Gasteiger charge is -2.28. The van der Waals surface area contributed by atoms with Crippen molar-refractivity contribution >= 4 is 49.1 Å². The van der Waals surface area contributed by atoms with E-state index in [4.69, 9.17) is 5.11 Å². The first-order valence-electron chi connectivity index (χ1n) is 9.12. The van der Waals surface area contributed by atoms with Gasteiger partial charge in [-0.3, -0.25) is 4.79 Å². The van der Waals surface area contributed by atoms with Crippen molar-refractivity contribution in [3.63, 3.8) is 0 Å². The van der Waals surface area contributed by atoms with Crippen molar-refractivity contribution in [3.05, 3.63) is 60.2 Å². The molecule has 1 aliphatic heterocycles. The molecule has 0 aliphatic carbocycles. The van der Waals surface area contributed by atoms with Gasteiger partial charge < -0.3 is 5.11 Å². The summed E-state index contributed by atoms with van der Waals surface area (Å²) >= 11 is 0. The van der Waals surface area contributed by atoms with E-state index in [1.807, 2.05) is 21.6 Å². The van der Waals surface area contributed by atoms with Crippen molar-refractivity contribution in [2.45, 2.75) is 36.9 Å². The third-order valence-electron chi connectivity index (χ3n) is 5.30. The molecule has 0 radical (unpaired) electrons. The maximum Gasteiger partial charge on any atom is 0.303 e. The van der Waals surface area contributed by atoms with Gasteiger partial charge in [-0.15, -0.1) is 0 Å². The molecule has 26 heavy (non-hydrogen) atoms. The van der Waals surface area contributed by atoms with E-state index < -0.39 is 5.97 Å². The second-order valence-corrected chi connectivity index (χ2v) is 9.77. The van der Waals surface area contributed by atoms with Crippen LogP contribution in [0.3, 0.4) is 0 Å². The molecule has 0 saturated carbocycles. The molecule has 1 unspecified atom stereocenters. The number of carboxylic acid groups (broad SMARTS) is 1. The fraction of sp³-hybridized carbons (Fsp3) is 0.318. The zero-order valence-electron chi connectivity index (χ0n) is 14.6. The third kappa shape index (κ3) is 3.45. The molecule has 4 heteroatoms. The summed E-state index contributed by atoms with van der Waals surface area (Å²) in [6.07, 6.45) is 4.21. The van der Waals surface area contributed by atoms with Crippen molar-refractivity contribution in [2.75, 3.05) is 5.75 Å². The largest absolute Gasteiger partial charge is 0.481 e. The predicted octanol–water partition coefficient (Wildman–Crippen LogP) is 6.62. The van der Waals surface area contributed by atoms with E-state index in [2.05, 4.69) is 54.6 Å². The average Bonchev–Trinajstić information content (AvgIpc) is 3.15. The van der Waals surface area contributed by atoms with Crippen LogP contribution in [0.1, 0.15) is 37.7 Å². The lowest BCUT2D eigenvalue weighted by Crippen LogP contribution is -2.18. The van der Waals surface area contributed by atoms with Crippen LogP contribution in [0.4, 0.5) is 0 Å². The Hall–Kier alpha value is -1.65. The van der Waals surface area contributed by atoms with E-state index in [-0.39, 0.29) is 11.2 Å². The molecule has 2 nitrogen and oxygen atoms in total. The Bertz CT molecular complexity index is 945. The summed E-state index contributed by atoms with van der Waals surface area (Å²) in [5.41, 5.74) is 1.40. The summed E-state index contributed by atoms with van der Waals surface area (Å²) in [4.78, 5) is 10.8. The van der Waals surface area contributed by atoms with Gasteiger partial charge in [0.2, 0.25) is 0 Å². The van der Waals surface area contributed by atoms with E-state index in [9.17, 15) is 4.79 Å². The van der Waals surface area contributed by atoms with Crippen LogP contribution in [-0.4, -0.2) is 16.8 Å². The second kappa shape index (κ2) is 7.53. The van der Waals surface area contributed by atoms with Crippen molar-refractivity contribution in [1.82, 2.24) is 0 Å². The zero-order chi connectivity index (χ0) is 18.0. The molecule has 0 amide bonds. The molecule has 0 spiro atoms. The van der Waals surface area contributed by atoms with Gasteiger partial charge >= 0.3 is 5.97 Å². The normalized spacial score (nSPS) is 20.0. The summed E-state index contributed by atoms with van der Waals surface area (Å²) in [6, 6.07) is 19.9. The summed E-state index contributed by atoms with van der Waals surface area (Å²) in [5.74, 6) is 0.474. The Morgan fingerprint density at radius 1 is 1.00 bits per heavy atom. The van der Waals surface area contributed by atoms with Crippen LogP contribution in [0.25, 0.3) is 21.5 Å². The monoisotopic (exact) mass is 382 g/mol. The van der Waals surface area contributed by atoms with Crippen LogP contribution < -0.4 is 0 Å². The molecule has 3 aromatic rings. The highest BCUT2D eigenvalue weighted by molar-refractivity contribution is 8.77.